The smallest absolute Gasteiger partial charge is 0.349 e. The SMILES string of the molecule is COc1cc(Br)cc2cc(-c3nc(-c4nonc4N)no3)c(=O)oc12. The van der Waals surface area contributed by atoms with Crippen molar-refractivity contribution >= 4 is 32.7 Å². The van der Waals surface area contributed by atoms with Crippen molar-refractivity contribution in [2.24, 2.45) is 0 Å². The molecule has 0 aliphatic rings. The van der Waals surface area contributed by atoms with Gasteiger partial charge in [-0.05, 0) is 28.5 Å². The Morgan fingerprint density at radius 2 is 2.04 bits per heavy atom. The minimum Gasteiger partial charge on any atom is -0.493 e. The number of rotatable bonds is 3. The highest BCUT2D eigenvalue weighted by molar-refractivity contribution is 9.10. The highest BCUT2D eigenvalue weighted by Crippen LogP contribution is 2.31. The third-order valence-electron chi connectivity index (χ3n) is 3.36. The second-order valence-electron chi connectivity index (χ2n) is 4.90. The van der Waals surface area contributed by atoms with Crippen LogP contribution in [0.1, 0.15) is 0 Å². The van der Waals surface area contributed by atoms with Crippen molar-refractivity contribution in [1.29, 1.82) is 0 Å². The lowest BCUT2D eigenvalue weighted by Crippen LogP contribution is -2.03. The molecular formula is C14H8BrN5O5. The average Bonchev–Trinajstić information content (AvgIpc) is 3.22. The fourth-order valence-electron chi connectivity index (χ4n) is 2.25. The standard InChI is InChI=1S/C14H8BrN5O5/c1-22-8-4-6(15)2-5-3-7(14(21)23-10(5)8)13-17-12(20-24-13)9-11(16)19-25-18-9/h2-4H,1H3,(H2,16,19). The molecule has 0 aliphatic heterocycles. The zero-order valence-corrected chi connectivity index (χ0v) is 14.1. The molecule has 0 unspecified atom stereocenters. The molecule has 11 heteroatoms. The molecule has 0 aliphatic carbocycles. The normalized spacial score (nSPS) is 11.1. The summed E-state index contributed by atoms with van der Waals surface area (Å²) in [6, 6.07) is 5.02. The van der Waals surface area contributed by atoms with Crippen molar-refractivity contribution in [3.05, 3.63) is 33.1 Å². The average molecular weight is 406 g/mol. The summed E-state index contributed by atoms with van der Waals surface area (Å²) >= 11 is 3.37. The van der Waals surface area contributed by atoms with Crippen molar-refractivity contribution in [3.8, 4) is 28.7 Å². The molecule has 0 bridgehead atoms. The van der Waals surface area contributed by atoms with Crippen LogP contribution in [0.15, 0.2) is 41.0 Å². The largest absolute Gasteiger partial charge is 0.493 e. The van der Waals surface area contributed by atoms with Gasteiger partial charge in [-0.15, -0.1) is 0 Å². The lowest BCUT2D eigenvalue weighted by molar-refractivity contribution is 0.310. The van der Waals surface area contributed by atoms with Crippen molar-refractivity contribution in [1.82, 2.24) is 20.5 Å². The van der Waals surface area contributed by atoms with E-state index in [1.165, 1.54) is 7.11 Å². The molecule has 0 saturated heterocycles. The van der Waals surface area contributed by atoms with Crippen LogP contribution in [0.4, 0.5) is 5.82 Å². The van der Waals surface area contributed by atoms with E-state index in [0.717, 1.165) is 4.47 Å². The minimum atomic E-state index is -0.658. The second-order valence-corrected chi connectivity index (χ2v) is 5.81. The van der Waals surface area contributed by atoms with Gasteiger partial charge in [0, 0.05) is 9.86 Å². The number of hydrogen-bond acceptors (Lipinski definition) is 10. The topological polar surface area (TPSA) is 143 Å². The van der Waals surface area contributed by atoms with Gasteiger partial charge in [-0.25, -0.2) is 9.42 Å². The maximum atomic E-state index is 12.3. The summed E-state index contributed by atoms with van der Waals surface area (Å²) in [6.45, 7) is 0. The van der Waals surface area contributed by atoms with E-state index in [4.69, 9.17) is 19.4 Å². The summed E-state index contributed by atoms with van der Waals surface area (Å²) in [6.07, 6.45) is 0. The first-order chi connectivity index (χ1) is 12.1. The second kappa shape index (κ2) is 5.70. The molecule has 4 aromatic rings. The molecular weight excluding hydrogens is 398 g/mol. The highest BCUT2D eigenvalue weighted by Gasteiger charge is 2.21. The first kappa shape index (κ1) is 15.3. The first-order valence-electron chi connectivity index (χ1n) is 6.80. The predicted octanol–water partition coefficient (Wildman–Crippen LogP) is 2.25. The van der Waals surface area contributed by atoms with Gasteiger partial charge >= 0.3 is 5.63 Å². The Balaban J connectivity index is 1.87. The van der Waals surface area contributed by atoms with Crippen LogP contribution in [-0.4, -0.2) is 27.6 Å². The number of halogens is 1. The van der Waals surface area contributed by atoms with Crippen LogP contribution < -0.4 is 16.1 Å². The zero-order valence-electron chi connectivity index (χ0n) is 12.5. The van der Waals surface area contributed by atoms with E-state index in [1.807, 2.05) is 0 Å². The minimum absolute atomic E-state index is 0.00608. The lowest BCUT2D eigenvalue weighted by Gasteiger charge is -2.05. The van der Waals surface area contributed by atoms with Crippen LogP contribution in [0.2, 0.25) is 0 Å². The van der Waals surface area contributed by atoms with Gasteiger partial charge in [-0.2, -0.15) is 4.98 Å². The molecule has 3 heterocycles. The molecule has 0 radical (unpaired) electrons. The Morgan fingerprint density at radius 3 is 2.76 bits per heavy atom. The third-order valence-corrected chi connectivity index (χ3v) is 3.82. The molecule has 10 nitrogen and oxygen atoms in total. The Kier molecular flexibility index (Phi) is 3.50. The van der Waals surface area contributed by atoms with Gasteiger partial charge < -0.3 is 19.4 Å². The van der Waals surface area contributed by atoms with E-state index in [9.17, 15) is 4.79 Å². The fraction of sp³-hybridized carbons (Fsp3) is 0.0714. The van der Waals surface area contributed by atoms with Crippen LogP contribution >= 0.6 is 15.9 Å². The van der Waals surface area contributed by atoms with Gasteiger partial charge in [0.2, 0.25) is 5.82 Å². The number of nitrogens with two attached hydrogens (primary N) is 1. The number of fused-ring (bicyclic) bond motifs is 1. The molecule has 1 aromatic carbocycles. The van der Waals surface area contributed by atoms with E-state index < -0.39 is 5.63 Å². The third kappa shape index (κ3) is 2.54. The number of methoxy groups -OCH3 is 1. The van der Waals surface area contributed by atoms with Crippen molar-refractivity contribution in [2.45, 2.75) is 0 Å². The van der Waals surface area contributed by atoms with Crippen LogP contribution in [0, 0.1) is 0 Å². The fourth-order valence-corrected chi connectivity index (χ4v) is 2.70. The van der Waals surface area contributed by atoms with Crippen molar-refractivity contribution in [3.63, 3.8) is 0 Å². The maximum absolute atomic E-state index is 12.3. The number of anilines is 1. The van der Waals surface area contributed by atoms with E-state index in [0.29, 0.717) is 16.7 Å². The summed E-state index contributed by atoms with van der Waals surface area (Å²) in [5.41, 5.74) is 5.44. The molecule has 0 amide bonds. The summed E-state index contributed by atoms with van der Waals surface area (Å²) < 4.78 is 20.9. The lowest BCUT2D eigenvalue weighted by atomic mass is 10.1. The summed E-state index contributed by atoms with van der Waals surface area (Å²) in [5.74, 6) is 0.416. The Labute approximate surface area is 146 Å². The van der Waals surface area contributed by atoms with Crippen LogP contribution in [0.25, 0.3) is 33.9 Å². The zero-order chi connectivity index (χ0) is 17.6. The van der Waals surface area contributed by atoms with Crippen LogP contribution in [0.3, 0.4) is 0 Å². The van der Waals surface area contributed by atoms with Crippen LogP contribution in [-0.2, 0) is 0 Å². The number of nitrogen functional groups attached to an aromatic ring is 1. The van der Waals surface area contributed by atoms with Gasteiger partial charge in [-0.3, -0.25) is 0 Å². The molecule has 126 valence electrons. The molecule has 0 saturated carbocycles. The molecule has 25 heavy (non-hydrogen) atoms. The van der Waals surface area contributed by atoms with Gasteiger partial charge in [-0.1, -0.05) is 21.1 Å². The van der Waals surface area contributed by atoms with Crippen LogP contribution in [0.5, 0.6) is 5.75 Å². The number of hydrogen-bond donors (Lipinski definition) is 1. The Bertz CT molecular complexity index is 1150. The van der Waals surface area contributed by atoms with Gasteiger partial charge in [0.15, 0.2) is 22.8 Å². The number of benzene rings is 1. The number of nitrogens with zero attached hydrogens (tertiary/aromatic N) is 4. The summed E-state index contributed by atoms with van der Waals surface area (Å²) in [7, 11) is 1.48. The predicted molar refractivity (Wildman–Crippen MR) is 87.7 cm³/mol. The van der Waals surface area contributed by atoms with Crippen molar-refractivity contribution < 1.29 is 18.3 Å². The summed E-state index contributed by atoms with van der Waals surface area (Å²) in [4.78, 5) is 16.4. The summed E-state index contributed by atoms with van der Waals surface area (Å²) in [5, 5.41) is 11.4. The molecule has 4 rings (SSSR count). The quantitative estimate of drug-likeness (QED) is 0.503. The molecule has 2 N–H and O–H groups in total. The van der Waals surface area contributed by atoms with E-state index in [-0.39, 0.29) is 28.8 Å². The number of ether oxygens (including phenoxy) is 1. The van der Waals surface area contributed by atoms with E-state index in [1.54, 1.807) is 18.2 Å². The van der Waals surface area contributed by atoms with E-state index >= 15 is 0 Å². The monoisotopic (exact) mass is 405 g/mol. The molecule has 0 fully saturated rings. The maximum Gasteiger partial charge on any atom is 0.349 e. The van der Waals surface area contributed by atoms with Gasteiger partial charge in [0.25, 0.3) is 5.89 Å². The van der Waals surface area contributed by atoms with E-state index in [2.05, 4.69) is 41.0 Å². The first-order valence-corrected chi connectivity index (χ1v) is 7.60. The van der Waals surface area contributed by atoms with Gasteiger partial charge in [0.1, 0.15) is 5.56 Å². The highest BCUT2D eigenvalue weighted by atomic mass is 79.9. The molecule has 3 aromatic heterocycles. The molecule has 0 spiro atoms. The van der Waals surface area contributed by atoms with Crippen molar-refractivity contribution in [2.75, 3.05) is 12.8 Å². The molecule has 0 atom stereocenters. The van der Waals surface area contributed by atoms with Gasteiger partial charge in [0.05, 0.1) is 7.11 Å². The Morgan fingerprint density at radius 1 is 1.20 bits per heavy atom. The number of aromatic nitrogens is 4. The Hall–Kier alpha value is -3.21.